The largest absolute Gasteiger partial charge is 0.497 e. The molecule has 2 aromatic carbocycles. The van der Waals surface area contributed by atoms with Gasteiger partial charge in [-0.15, -0.1) is 5.73 Å². The first-order chi connectivity index (χ1) is 10.7. The van der Waals surface area contributed by atoms with Crippen molar-refractivity contribution in [2.75, 3.05) is 7.11 Å². The number of ether oxygens (including phenoxy) is 1. The summed E-state index contributed by atoms with van der Waals surface area (Å²) in [4.78, 5) is 0. The summed E-state index contributed by atoms with van der Waals surface area (Å²) in [6, 6.07) is 18.0. The van der Waals surface area contributed by atoms with Gasteiger partial charge in [-0.3, -0.25) is 0 Å². The Morgan fingerprint density at radius 2 is 1.82 bits per heavy atom. The molecule has 0 bridgehead atoms. The predicted octanol–water partition coefficient (Wildman–Crippen LogP) is 5.12. The van der Waals surface area contributed by atoms with Crippen LogP contribution in [0.15, 0.2) is 72.5 Å². The fraction of sp³-hybridized carbons (Fsp3) is 0.211. The molecule has 0 aliphatic carbocycles. The quantitative estimate of drug-likeness (QED) is 0.542. The molecule has 3 heteroatoms. The minimum atomic E-state index is -0.0533. The van der Waals surface area contributed by atoms with Gasteiger partial charge in [0.15, 0.2) is 0 Å². The third-order valence-electron chi connectivity index (χ3n) is 3.58. The Balaban J connectivity index is 2.22. The van der Waals surface area contributed by atoms with Crippen molar-refractivity contribution < 1.29 is 4.74 Å². The SMILES string of the molecule is C=C=C(C)C(c1ccccc1)N(Cl)Cc1ccc(OC)cc1. The first-order valence-electron chi connectivity index (χ1n) is 7.12. The first-order valence-corrected chi connectivity index (χ1v) is 7.46. The van der Waals surface area contributed by atoms with Gasteiger partial charge in [0.1, 0.15) is 5.75 Å². The van der Waals surface area contributed by atoms with Crippen LogP contribution in [0.1, 0.15) is 24.1 Å². The highest BCUT2D eigenvalue weighted by atomic mass is 35.5. The van der Waals surface area contributed by atoms with Crippen LogP contribution >= 0.6 is 11.8 Å². The topological polar surface area (TPSA) is 12.5 Å². The molecule has 1 atom stereocenters. The van der Waals surface area contributed by atoms with E-state index >= 15 is 0 Å². The zero-order chi connectivity index (χ0) is 15.9. The van der Waals surface area contributed by atoms with Crippen LogP contribution in [-0.2, 0) is 6.54 Å². The van der Waals surface area contributed by atoms with E-state index < -0.39 is 0 Å². The molecule has 0 saturated heterocycles. The van der Waals surface area contributed by atoms with E-state index in [2.05, 4.69) is 24.4 Å². The molecule has 0 radical (unpaired) electrons. The molecule has 0 N–H and O–H groups in total. The molecule has 2 rings (SSSR count). The maximum atomic E-state index is 6.58. The number of halogens is 1. The molecule has 1 unspecified atom stereocenters. The maximum Gasteiger partial charge on any atom is 0.118 e. The van der Waals surface area contributed by atoms with E-state index in [-0.39, 0.29) is 6.04 Å². The summed E-state index contributed by atoms with van der Waals surface area (Å²) in [5.41, 5.74) is 6.21. The molecule has 0 aliphatic rings. The van der Waals surface area contributed by atoms with Crippen molar-refractivity contribution in [3.63, 3.8) is 0 Å². The van der Waals surface area contributed by atoms with Gasteiger partial charge in [0, 0.05) is 6.54 Å². The van der Waals surface area contributed by atoms with Gasteiger partial charge in [-0.25, -0.2) is 4.42 Å². The summed E-state index contributed by atoms with van der Waals surface area (Å²) in [7, 11) is 1.66. The Morgan fingerprint density at radius 3 is 2.36 bits per heavy atom. The van der Waals surface area contributed by atoms with E-state index in [1.165, 1.54) is 0 Å². The average Bonchev–Trinajstić information content (AvgIpc) is 2.56. The molecule has 0 fully saturated rings. The van der Waals surface area contributed by atoms with E-state index in [1.807, 2.05) is 49.4 Å². The van der Waals surface area contributed by atoms with Crippen molar-refractivity contribution in [1.82, 2.24) is 4.42 Å². The van der Waals surface area contributed by atoms with Crippen LogP contribution in [0.25, 0.3) is 0 Å². The van der Waals surface area contributed by atoms with Crippen molar-refractivity contribution in [3.05, 3.63) is 83.6 Å². The second-order valence-corrected chi connectivity index (χ2v) is 5.51. The van der Waals surface area contributed by atoms with Crippen LogP contribution in [0.5, 0.6) is 5.75 Å². The van der Waals surface area contributed by atoms with Gasteiger partial charge in [0.25, 0.3) is 0 Å². The minimum Gasteiger partial charge on any atom is -0.497 e. The van der Waals surface area contributed by atoms with Crippen molar-refractivity contribution in [3.8, 4) is 5.75 Å². The highest BCUT2D eigenvalue weighted by Gasteiger charge is 2.20. The van der Waals surface area contributed by atoms with Gasteiger partial charge >= 0.3 is 0 Å². The van der Waals surface area contributed by atoms with E-state index in [4.69, 9.17) is 16.5 Å². The predicted molar refractivity (Wildman–Crippen MR) is 91.9 cm³/mol. The molecule has 0 aliphatic heterocycles. The lowest BCUT2D eigenvalue weighted by Crippen LogP contribution is -2.20. The lowest BCUT2D eigenvalue weighted by Gasteiger charge is -2.26. The molecule has 0 amide bonds. The van der Waals surface area contributed by atoms with Gasteiger partial charge in [0.05, 0.1) is 13.2 Å². The molecule has 0 spiro atoms. The Labute approximate surface area is 137 Å². The number of hydrogen-bond acceptors (Lipinski definition) is 2. The summed E-state index contributed by atoms with van der Waals surface area (Å²) < 4.78 is 6.96. The highest BCUT2D eigenvalue weighted by molar-refractivity contribution is 6.13. The normalized spacial score (nSPS) is 11.8. The second kappa shape index (κ2) is 7.86. The molecule has 2 nitrogen and oxygen atoms in total. The average molecular weight is 314 g/mol. The zero-order valence-corrected chi connectivity index (χ0v) is 13.7. The van der Waals surface area contributed by atoms with Crippen LogP contribution in [0.2, 0.25) is 0 Å². The monoisotopic (exact) mass is 313 g/mol. The summed E-state index contributed by atoms with van der Waals surface area (Å²) >= 11 is 6.58. The fourth-order valence-corrected chi connectivity index (χ4v) is 2.75. The van der Waals surface area contributed by atoms with E-state index in [1.54, 1.807) is 11.5 Å². The van der Waals surface area contributed by atoms with E-state index in [9.17, 15) is 0 Å². The van der Waals surface area contributed by atoms with Crippen molar-refractivity contribution in [2.24, 2.45) is 0 Å². The molecule has 22 heavy (non-hydrogen) atoms. The summed E-state index contributed by atoms with van der Waals surface area (Å²) in [6.07, 6.45) is 0. The Hall–Kier alpha value is -1.99. The smallest absolute Gasteiger partial charge is 0.118 e. The Morgan fingerprint density at radius 1 is 1.18 bits per heavy atom. The number of methoxy groups -OCH3 is 1. The zero-order valence-electron chi connectivity index (χ0n) is 12.9. The third-order valence-corrected chi connectivity index (χ3v) is 3.89. The molecular formula is C19H20ClNO. The molecule has 0 saturated carbocycles. The standard InChI is InChI=1S/C19H20ClNO/c1-4-15(2)19(17-8-6-5-7-9-17)21(20)14-16-10-12-18(22-3)13-11-16/h5-13,19H,1,14H2,2-3H3. The van der Waals surface area contributed by atoms with Gasteiger partial charge in [-0.05, 0) is 47.5 Å². The van der Waals surface area contributed by atoms with Crippen LogP contribution in [0.4, 0.5) is 0 Å². The van der Waals surface area contributed by atoms with Crippen LogP contribution in [0, 0.1) is 0 Å². The van der Waals surface area contributed by atoms with Gasteiger partial charge < -0.3 is 4.74 Å². The summed E-state index contributed by atoms with van der Waals surface area (Å²) in [6.45, 7) is 6.36. The molecule has 114 valence electrons. The van der Waals surface area contributed by atoms with Crippen LogP contribution in [-0.4, -0.2) is 11.5 Å². The lowest BCUT2D eigenvalue weighted by molar-refractivity contribution is 0.377. The molecule has 0 heterocycles. The minimum absolute atomic E-state index is 0.0533. The highest BCUT2D eigenvalue weighted by Crippen LogP contribution is 2.31. The maximum absolute atomic E-state index is 6.58. The van der Waals surface area contributed by atoms with E-state index in [0.29, 0.717) is 6.54 Å². The van der Waals surface area contributed by atoms with Crippen molar-refractivity contribution in [2.45, 2.75) is 19.5 Å². The van der Waals surface area contributed by atoms with Gasteiger partial charge in [-0.1, -0.05) is 49.0 Å². The lowest BCUT2D eigenvalue weighted by atomic mass is 10.00. The van der Waals surface area contributed by atoms with E-state index in [0.717, 1.165) is 22.4 Å². The van der Waals surface area contributed by atoms with Gasteiger partial charge in [-0.2, -0.15) is 0 Å². The van der Waals surface area contributed by atoms with Crippen molar-refractivity contribution in [1.29, 1.82) is 0 Å². The number of hydrogen-bond donors (Lipinski definition) is 0. The van der Waals surface area contributed by atoms with Crippen LogP contribution < -0.4 is 4.74 Å². The van der Waals surface area contributed by atoms with Crippen molar-refractivity contribution >= 4 is 11.8 Å². The number of benzene rings is 2. The van der Waals surface area contributed by atoms with Gasteiger partial charge in [0.2, 0.25) is 0 Å². The van der Waals surface area contributed by atoms with Crippen LogP contribution in [0.3, 0.4) is 0 Å². The molecular weight excluding hydrogens is 294 g/mol. The third kappa shape index (κ3) is 4.02. The molecule has 2 aromatic rings. The second-order valence-electron chi connectivity index (χ2n) is 5.08. The summed E-state index contributed by atoms with van der Waals surface area (Å²) in [5.74, 6) is 0.839. The first kappa shape index (κ1) is 16.4. The molecule has 0 aromatic heterocycles. The number of rotatable bonds is 6. The Kier molecular flexibility index (Phi) is 5.85. The summed E-state index contributed by atoms with van der Waals surface area (Å²) in [5, 5.41) is 0. The Bertz CT molecular complexity index is 645. The number of nitrogens with zero attached hydrogens (tertiary/aromatic N) is 1. The fourth-order valence-electron chi connectivity index (χ4n) is 2.35.